The Bertz CT molecular complexity index is 592. The highest BCUT2D eigenvalue weighted by Gasteiger charge is 2.26. The number of phenolic OH excluding ortho intramolecular Hbond substituents is 1. The fourth-order valence-corrected chi connectivity index (χ4v) is 3.72. The van der Waals surface area contributed by atoms with Crippen molar-refractivity contribution in [2.45, 2.75) is 63.8 Å². The number of sulfone groups is 1. The Morgan fingerprint density at radius 1 is 1.24 bits per heavy atom. The van der Waals surface area contributed by atoms with Crippen LogP contribution < -0.4 is 5.73 Å². The minimum atomic E-state index is -3.48. The molecule has 1 aromatic carbocycles. The van der Waals surface area contributed by atoms with Crippen molar-refractivity contribution in [1.82, 2.24) is 0 Å². The van der Waals surface area contributed by atoms with Crippen LogP contribution in [-0.4, -0.2) is 19.3 Å². The Hall–Kier alpha value is -1.07. The van der Waals surface area contributed by atoms with Crippen LogP contribution in [-0.2, 0) is 21.8 Å². The Labute approximate surface area is 128 Å². The number of nitrogens with two attached hydrogens (primary N) is 1. The van der Waals surface area contributed by atoms with Gasteiger partial charge in [-0.1, -0.05) is 40.2 Å². The first-order valence-electron chi connectivity index (χ1n) is 7.48. The van der Waals surface area contributed by atoms with E-state index in [0.717, 1.165) is 18.4 Å². The maximum absolute atomic E-state index is 12.4. The molecule has 0 fully saturated rings. The molecule has 0 atom stereocenters. The second-order valence-corrected chi connectivity index (χ2v) is 8.17. The summed E-state index contributed by atoms with van der Waals surface area (Å²) in [6.07, 6.45) is 2.25. The first kappa shape index (κ1) is 18.0. The van der Waals surface area contributed by atoms with Crippen LogP contribution in [0.4, 0.5) is 0 Å². The van der Waals surface area contributed by atoms with Crippen LogP contribution in [0.5, 0.6) is 5.75 Å². The van der Waals surface area contributed by atoms with Crippen molar-refractivity contribution in [3.8, 4) is 5.75 Å². The summed E-state index contributed by atoms with van der Waals surface area (Å²) in [5.74, 6) is -0.138. The quantitative estimate of drug-likeness (QED) is 0.810. The van der Waals surface area contributed by atoms with Crippen molar-refractivity contribution in [3.05, 3.63) is 23.3 Å². The third-order valence-electron chi connectivity index (χ3n) is 4.14. The first-order chi connectivity index (χ1) is 9.69. The van der Waals surface area contributed by atoms with Gasteiger partial charge in [-0.05, 0) is 29.9 Å². The minimum Gasteiger partial charge on any atom is -0.506 e. The maximum Gasteiger partial charge on any atom is 0.182 e. The molecule has 0 saturated heterocycles. The summed E-state index contributed by atoms with van der Waals surface area (Å²) in [6, 6.07) is 3.43. The van der Waals surface area contributed by atoms with Gasteiger partial charge in [0, 0.05) is 12.1 Å². The van der Waals surface area contributed by atoms with Crippen LogP contribution in [0.3, 0.4) is 0 Å². The number of benzene rings is 1. The molecule has 0 bridgehead atoms. The average molecular weight is 313 g/mol. The molecular weight excluding hydrogens is 286 g/mol. The second kappa shape index (κ2) is 6.79. The fourth-order valence-electron chi connectivity index (χ4n) is 2.10. The van der Waals surface area contributed by atoms with Gasteiger partial charge in [-0.25, -0.2) is 8.42 Å². The van der Waals surface area contributed by atoms with E-state index >= 15 is 0 Å². The zero-order chi connectivity index (χ0) is 16.3. The lowest BCUT2D eigenvalue weighted by Gasteiger charge is -2.25. The van der Waals surface area contributed by atoms with Gasteiger partial charge >= 0.3 is 0 Å². The van der Waals surface area contributed by atoms with Crippen molar-refractivity contribution in [2.75, 3.05) is 5.75 Å². The van der Waals surface area contributed by atoms with E-state index in [-0.39, 0.29) is 28.4 Å². The molecule has 0 aliphatic rings. The van der Waals surface area contributed by atoms with E-state index in [9.17, 15) is 13.5 Å². The van der Waals surface area contributed by atoms with E-state index in [1.165, 1.54) is 0 Å². The van der Waals surface area contributed by atoms with Crippen LogP contribution >= 0.6 is 0 Å². The Morgan fingerprint density at radius 3 is 2.33 bits per heavy atom. The molecule has 0 saturated carbocycles. The van der Waals surface area contributed by atoms with Gasteiger partial charge in [0.15, 0.2) is 9.84 Å². The van der Waals surface area contributed by atoms with Gasteiger partial charge in [-0.15, -0.1) is 0 Å². The lowest BCUT2D eigenvalue weighted by atomic mass is 9.81. The highest BCUT2D eigenvalue weighted by atomic mass is 32.2. The molecule has 5 heteroatoms. The molecule has 0 radical (unpaired) electrons. The van der Waals surface area contributed by atoms with Gasteiger partial charge in [0.25, 0.3) is 0 Å². The standard InChI is InChI=1S/C16H27NO3S/c1-5-7-8-21(19,20)14-10-13(16(3,4)6-2)9-12(11-17)15(14)18/h9-10,18H,5-8,11,17H2,1-4H3. The molecular formula is C16H27NO3S. The predicted molar refractivity (Wildman–Crippen MR) is 86.3 cm³/mol. The number of phenols is 1. The Kier molecular flexibility index (Phi) is 5.82. The lowest BCUT2D eigenvalue weighted by molar-refractivity contribution is 0.447. The first-order valence-corrected chi connectivity index (χ1v) is 9.14. The molecule has 0 aliphatic carbocycles. The van der Waals surface area contributed by atoms with Crippen molar-refractivity contribution >= 4 is 9.84 Å². The van der Waals surface area contributed by atoms with Gasteiger partial charge in [-0.3, -0.25) is 0 Å². The summed E-state index contributed by atoms with van der Waals surface area (Å²) in [5, 5.41) is 10.2. The molecule has 3 N–H and O–H groups in total. The number of hydrogen-bond acceptors (Lipinski definition) is 4. The smallest absolute Gasteiger partial charge is 0.182 e. The Balaban J connectivity index is 3.48. The van der Waals surface area contributed by atoms with Crippen molar-refractivity contribution < 1.29 is 13.5 Å². The van der Waals surface area contributed by atoms with E-state index in [0.29, 0.717) is 12.0 Å². The van der Waals surface area contributed by atoms with Crippen molar-refractivity contribution in [3.63, 3.8) is 0 Å². The van der Waals surface area contributed by atoms with E-state index in [2.05, 4.69) is 20.8 Å². The second-order valence-electron chi connectivity index (χ2n) is 6.10. The molecule has 21 heavy (non-hydrogen) atoms. The molecule has 0 unspecified atom stereocenters. The van der Waals surface area contributed by atoms with E-state index in [1.54, 1.807) is 6.07 Å². The highest BCUT2D eigenvalue weighted by molar-refractivity contribution is 7.91. The number of unbranched alkanes of at least 4 members (excludes halogenated alkanes) is 1. The zero-order valence-electron chi connectivity index (χ0n) is 13.4. The largest absolute Gasteiger partial charge is 0.506 e. The molecule has 0 spiro atoms. The van der Waals surface area contributed by atoms with Crippen LogP contribution in [0.15, 0.2) is 17.0 Å². The van der Waals surface area contributed by atoms with E-state index in [1.807, 2.05) is 13.0 Å². The van der Waals surface area contributed by atoms with Gasteiger partial charge < -0.3 is 10.8 Å². The van der Waals surface area contributed by atoms with Crippen LogP contribution in [0.2, 0.25) is 0 Å². The summed E-state index contributed by atoms with van der Waals surface area (Å²) in [7, 11) is -3.48. The average Bonchev–Trinajstić information content (AvgIpc) is 2.44. The van der Waals surface area contributed by atoms with Crippen LogP contribution in [0.25, 0.3) is 0 Å². The predicted octanol–water partition coefficient (Wildman–Crippen LogP) is 3.11. The molecule has 0 amide bonds. The van der Waals surface area contributed by atoms with Gasteiger partial charge in [0.2, 0.25) is 0 Å². The molecule has 0 aliphatic heterocycles. The molecule has 0 aromatic heterocycles. The monoisotopic (exact) mass is 313 g/mol. The third-order valence-corrected chi connectivity index (χ3v) is 5.95. The molecule has 1 aromatic rings. The molecule has 120 valence electrons. The van der Waals surface area contributed by atoms with Crippen molar-refractivity contribution in [1.29, 1.82) is 0 Å². The fraction of sp³-hybridized carbons (Fsp3) is 0.625. The zero-order valence-corrected chi connectivity index (χ0v) is 14.3. The van der Waals surface area contributed by atoms with Gasteiger partial charge in [0.05, 0.1) is 5.75 Å². The van der Waals surface area contributed by atoms with Crippen LogP contribution in [0, 0.1) is 0 Å². The topological polar surface area (TPSA) is 80.4 Å². The Morgan fingerprint density at radius 2 is 1.86 bits per heavy atom. The van der Waals surface area contributed by atoms with Crippen molar-refractivity contribution in [2.24, 2.45) is 5.73 Å². The third kappa shape index (κ3) is 3.98. The number of rotatable bonds is 7. The summed E-state index contributed by atoms with van der Waals surface area (Å²) in [6.45, 7) is 8.23. The highest BCUT2D eigenvalue weighted by Crippen LogP contribution is 2.35. The summed E-state index contributed by atoms with van der Waals surface area (Å²) < 4.78 is 24.9. The SMILES string of the molecule is CCCCS(=O)(=O)c1cc(C(C)(C)CC)cc(CN)c1O. The normalized spacial score (nSPS) is 12.6. The summed E-state index contributed by atoms with van der Waals surface area (Å²) in [5.41, 5.74) is 6.89. The minimum absolute atomic E-state index is 0.0235. The molecule has 0 heterocycles. The van der Waals surface area contributed by atoms with E-state index < -0.39 is 9.84 Å². The van der Waals surface area contributed by atoms with Gasteiger partial charge in [-0.2, -0.15) is 0 Å². The lowest BCUT2D eigenvalue weighted by Crippen LogP contribution is -2.18. The number of hydrogen-bond donors (Lipinski definition) is 2. The summed E-state index contributed by atoms with van der Waals surface area (Å²) >= 11 is 0. The maximum atomic E-state index is 12.4. The molecule has 1 rings (SSSR count). The molecule has 4 nitrogen and oxygen atoms in total. The van der Waals surface area contributed by atoms with Gasteiger partial charge in [0.1, 0.15) is 10.6 Å². The summed E-state index contributed by atoms with van der Waals surface area (Å²) in [4.78, 5) is 0.0235. The van der Waals surface area contributed by atoms with Crippen LogP contribution in [0.1, 0.15) is 58.1 Å². The number of aromatic hydroxyl groups is 1. The van der Waals surface area contributed by atoms with E-state index in [4.69, 9.17) is 5.73 Å².